The van der Waals surface area contributed by atoms with Crippen molar-refractivity contribution >= 4 is 28.5 Å². The van der Waals surface area contributed by atoms with Crippen LogP contribution in [0.25, 0.3) is 22.3 Å². The van der Waals surface area contributed by atoms with Gasteiger partial charge in [0.15, 0.2) is 11.6 Å². The zero-order chi connectivity index (χ0) is 26.4. The fourth-order valence-electron chi connectivity index (χ4n) is 5.36. The van der Waals surface area contributed by atoms with Crippen LogP contribution in [-0.2, 0) is 11.3 Å². The molecule has 1 atom stereocenters. The SMILES string of the molecule is CC1COCc2nc3c(F)cc(-c4nc(Nc5ccc(N6CCC(N(C)C)CC6)cn5)ncc4F)cc3n21. The number of imidazole rings is 1. The number of fused-ring (bicyclic) bond motifs is 3. The average molecular weight is 521 g/mol. The van der Waals surface area contributed by atoms with Crippen molar-refractivity contribution in [1.82, 2.24) is 29.4 Å². The van der Waals surface area contributed by atoms with Gasteiger partial charge in [0.1, 0.15) is 29.5 Å². The zero-order valence-corrected chi connectivity index (χ0v) is 21.7. The van der Waals surface area contributed by atoms with Gasteiger partial charge in [0.2, 0.25) is 5.95 Å². The molecule has 38 heavy (non-hydrogen) atoms. The Labute approximate surface area is 219 Å². The number of anilines is 3. The lowest BCUT2D eigenvalue weighted by Gasteiger charge is -2.36. The minimum Gasteiger partial charge on any atom is -0.371 e. The fourth-order valence-corrected chi connectivity index (χ4v) is 5.36. The van der Waals surface area contributed by atoms with E-state index in [1.165, 1.54) is 6.07 Å². The number of piperidine rings is 1. The lowest BCUT2D eigenvalue weighted by molar-refractivity contribution is 0.0621. The highest BCUT2D eigenvalue weighted by Crippen LogP contribution is 2.32. The number of nitrogens with one attached hydrogen (secondary N) is 1. The summed E-state index contributed by atoms with van der Waals surface area (Å²) in [4.78, 5) is 22.0. The van der Waals surface area contributed by atoms with E-state index in [1.807, 2.05) is 29.8 Å². The minimum atomic E-state index is -0.645. The van der Waals surface area contributed by atoms with Crippen molar-refractivity contribution in [2.24, 2.45) is 0 Å². The van der Waals surface area contributed by atoms with E-state index in [-0.39, 0.29) is 23.2 Å². The molecular formula is C27H30F2N8O. The lowest BCUT2D eigenvalue weighted by Crippen LogP contribution is -2.42. The van der Waals surface area contributed by atoms with Crippen molar-refractivity contribution in [3.05, 3.63) is 54.1 Å². The number of halogens is 2. The van der Waals surface area contributed by atoms with Gasteiger partial charge in [-0.2, -0.15) is 0 Å². The van der Waals surface area contributed by atoms with Crippen molar-refractivity contribution in [2.45, 2.75) is 38.5 Å². The van der Waals surface area contributed by atoms with E-state index in [4.69, 9.17) is 4.74 Å². The molecule has 1 unspecified atom stereocenters. The van der Waals surface area contributed by atoms with E-state index in [9.17, 15) is 4.39 Å². The summed E-state index contributed by atoms with van der Waals surface area (Å²) in [5, 5.41) is 3.04. The van der Waals surface area contributed by atoms with Gasteiger partial charge in [0.05, 0.1) is 36.2 Å². The fraction of sp³-hybridized carbons (Fsp3) is 0.407. The molecule has 9 nitrogen and oxygen atoms in total. The average Bonchev–Trinajstić information content (AvgIpc) is 3.31. The predicted molar refractivity (Wildman–Crippen MR) is 141 cm³/mol. The van der Waals surface area contributed by atoms with E-state index in [1.54, 1.807) is 6.07 Å². The van der Waals surface area contributed by atoms with Crippen LogP contribution in [0.1, 0.15) is 31.6 Å². The summed E-state index contributed by atoms with van der Waals surface area (Å²) >= 11 is 0. The molecule has 11 heteroatoms. The van der Waals surface area contributed by atoms with Crippen LogP contribution >= 0.6 is 0 Å². The van der Waals surface area contributed by atoms with Gasteiger partial charge in [0.25, 0.3) is 0 Å². The molecule has 3 aromatic heterocycles. The summed E-state index contributed by atoms with van der Waals surface area (Å²) in [6, 6.07) is 7.43. The molecule has 6 rings (SSSR count). The second kappa shape index (κ2) is 9.88. The van der Waals surface area contributed by atoms with Gasteiger partial charge in [-0.05, 0) is 58.1 Å². The second-order valence-corrected chi connectivity index (χ2v) is 10.2. The number of hydrogen-bond donors (Lipinski definition) is 1. The molecule has 2 aliphatic rings. The third-order valence-electron chi connectivity index (χ3n) is 7.42. The molecule has 1 saturated heterocycles. The lowest BCUT2D eigenvalue weighted by atomic mass is 10.0. The van der Waals surface area contributed by atoms with Crippen LogP contribution in [0.5, 0.6) is 0 Å². The van der Waals surface area contributed by atoms with Crippen LogP contribution in [0.2, 0.25) is 0 Å². The van der Waals surface area contributed by atoms with Gasteiger partial charge < -0.3 is 24.4 Å². The second-order valence-electron chi connectivity index (χ2n) is 10.2. The molecule has 5 heterocycles. The number of ether oxygens (including phenoxy) is 1. The smallest absolute Gasteiger partial charge is 0.229 e. The van der Waals surface area contributed by atoms with Gasteiger partial charge in [0, 0.05) is 24.7 Å². The number of nitrogens with zero attached hydrogens (tertiary/aromatic N) is 7. The first kappa shape index (κ1) is 24.6. The molecule has 198 valence electrons. The summed E-state index contributed by atoms with van der Waals surface area (Å²) in [5.74, 6) is 0.178. The summed E-state index contributed by atoms with van der Waals surface area (Å²) in [7, 11) is 4.25. The van der Waals surface area contributed by atoms with Crippen molar-refractivity contribution in [2.75, 3.05) is 44.0 Å². The number of rotatable bonds is 5. The highest BCUT2D eigenvalue weighted by Gasteiger charge is 2.24. The van der Waals surface area contributed by atoms with Crippen molar-refractivity contribution < 1.29 is 13.5 Å². The minimum absolute atomic E-state index is 0.000976. The first-order valence-electron chi connectivity index (χ1n) is 12.8. The maximum Gasteiger partial charge on any atom is 0.229 e. The maximum atomic E-state index is 15.1. The maximum absolute atomic E-state index is 15.1. The monoisotopic (exact) mass is 520 g/mol. The molecule has 0 bridgehead atoms. The Morgan fingerprint density at radius 2 is 1.84 bits per heavy atom. The van der Waals surface area contributed by atoms with Gasteiger partial charge >= 0.3 is 0 Å². The van der Waals surface area contributed by atoms with E-state index < -0.39 is 11.6 Å². The van der Waals surface area contributed by atoms with Crippen LogP contribution in [0.15, 0.2) is 36.7 Å². The molecule has 0 saturated carbocycles. The zero-order valence-electron chi connectivity index (χ0n) is 21.7. The Kier molecular flexibility index (Phi) is 6.40. The molecule has 0 spiro atoms. The van der Waals surface area contributed by atoms with Crippen LogP contribution in [0.4, 0.5) is 26.2 Å². The van der Waals surface area contributed by atoms with Gasteiger partial charge in [-0.1, -0.05) is 0 Å². The highest BCUT2D eigenvalue weighted by atomic mass is 19.1. The van der Waals surface area contributed by atoms with Crippen molar-refractivity contribution in [3.63, 3.8) is 0 Å². The summed E-state index contributed by atoms with van der Waals surface area (Å²) < 4.78 is 37.4. The largest absolute Gasteiger partial charge is 0.371 e. The third-order valence-corrected chi connectivity index (χ3v) is 7.42. The van der Waals surface area contributed by atoms with Crippen LogP contribution in [-0.4, -0.2) is 69.2 Å². The third kappa shape index (κ3) is 4.56. The molecule has 0 aliphatic carbocycles. The number of aromatic nitrogens is 5. The van der Waals surface area contributed by atoms with Gasteiger partial charge in [-0.25, -0.2) is 28.7 Å². The summed E-state index contributed by atoms with van der Waals surface area (Å²) in [6.45, 7) is 4.75. The molecule has 2 aliphatic heterocycles. The first-order valence-corrected chi connectivity index (χ1v) is 12.8. The number of pyridine rings is 1. The normalized spacial score (nSPS) is 18.3. The highest BCUT2D eigenvalue weighted by molar-refractivity contribution is 5.83. The van der Waals surface area contributed by atoms with Crippen LogP contribution in [0.3, 0.4) is 0 Å². The summed E-state index contributed by atoms with van der Waals surface area (Å²) in [5.41, 5.74) is 2.19. The van der Waals surface area contributed by atoms with Crippen molar-refractivity contribution in [1.29, 1.82) is 0 Å². The van der Waals surface area contributed by atoms with Crippen LogP contribution < -0.4 is 10.2 Å². The molecule has 1 fully saturated rings. The Morgan fingerprint density at radius 1 is 1.03 bits per heavy atom. The van der Waals surface area contributed by atoms with Crippen molar-refractivity contribution in [3.8, 4) is 11.3 Å². The Morgan fingerprint density at radius 3 is 2.58 bits per heavy atom. The standard InChI is InChI=1S/C27H30F2N8O/c1-16-14-38-15-24-33-26-20(28)10-17(11-22(26)37(16)24)25-21(29)13-31-27(34-25)32-23-5-4-19(12-30-23)36-8-6-18(7-9-36)35(2)3/h4-5,10-13,16,18H,6-9,14-15H2,1-3H3,(H,30,31,32,34). The van der Waals surface area contributed by atoms with E-state index >= 15 is 4.39 Å². The van der Waals surface area contributed by atoms with Gasteiger partial charge in [-0.3, -0.25) is 0 Å². The Hall–Kier alpha value is -3.70. The number of hydrogen-bond acceptors (Lipinski definition) is 8. The Bertz CT molecular complexity index is 1460. The predicted octanol–water partition coefficient (Wildman–Crippen LogP) is 4.53. The Balaban J connectivity index is 1.24. The summed E-state index contributed by atoms with van der Waals surface area (Å²) in [6.07, 6.45) is 5.12. The van der Waals surface area contributed by atoms with E-state index in [0.717, 1.165) is 37.8 Å². The first-order chi connectivity index (χ1) is 18.4. The molecule has 1 N–H and O–H groups in total. The van der Waals surface area contributed by atoms with Crippen LogP contribution in [0, 0.1) is 11.6 Å². The van der Waals surface area contributed by atoms with E-state index in [0.29, 0.717) is 42.0 Å². The topological polar surface area (TPSA) is 84.2 Å². The molecule has 4 aromatic rings. The molecular weight excluding hydrogens is 490 g/mol. The number of benzene rings is 1. The molecule has 1 aromatic carbocycles. The molecule has 0 radical (unpaired) electrons. The quantitative estimate of drug-likeness (QED) is 0.411. The van der Waals surface area contributed by atoms with E-state index in [2.05, 4.69) is 49.1 Å². The molecule has 0 amide bonds. The van der Waals surface area contributed by atoms with Gasteiger partial charge in [-0.15, -0.1) is 0 Å².